The lowest BCUT2D eigenvalue weighted by Gasteiger charge is -2.18. The van der Waals surface area contributed by atoms with Crippen molar-refractivity contribution in [3.8, 4) is 11.5 Å². The summed E-state index contributed by atoms with van der Waals surface area (Å²) in [6.07, 6.45) is 0. The van der Waals surface area contributed by atoms with Crippen molar-refractivity contribution < 1.29 is 19.0 Å². The molecular formula is C21H20ClNO4S. The number of benzene rings is 2. The van der Waals surface area contributed by atoms with Gasteiger partial charge in [-0.25, -0.2) is 4.79 Å². The molecule has 0 amide bonds. The van der Waals surface area contributed by atoms with Gasteiger partial charge in [0.1, 0.15) is 13.2 Å². The number of thioether (sulfide) groups is 1. The molecule has 0 bridgehead atoms. The number of hydrogen-bond acceptors (Lipinski definition) is 5. The van der Waals surface area contributed by atoms with Crippen molar-refractivity contribution in [3.63, 3.8) is 0 Å². The van der Waals surface area contributed by atoms with Crippen LogP contribution in [-0.4, -0.2) is 30.4 Å². The molecular weight excluding hydrogens is 398 g/mol. The second-order valence-corrected chi connectivity index (χ2v) is 7.84. The van der Waals surface area contributed by atoms with E-state index in [1.54, 1.807) is 11.8 Å². The summed E-state index contributed by atoms with van der Waals surface area (Å²) in [7, 11) is 1.96. The SMILES string of the molecule is CCOC(=O)c1c(CSc2ccc(Cl)cc2)n(C)c2cc3c(cc12)OCCO3. The van der Waals surface area contributed by atoms with E-state index in [-0.39, 0.29) is 5.97 Å². The van der Waals surface area contributed by atoms with Crippen LogP contribution in [-0.2, 0) is 17.5 Å². The van der Waals surface area contributed by atoms with Gasteiger partial charge in [-0.05, 0) is 37.3 Å². The monoisotopic (exact) mass is 417 g/mol. The highest BCUT2D eigenvalue weighted by Crippen LogP contribution is 2.39. The van der Waals surface area contributed by atoms with Crippen LogP contribution in [0.15, 0.2) is 41.3 Å². The maximum Gasteiger partial charge on any atom is 0.340 e. The van der Waals surface area contributed by atoms with Crippen LogP contribution >= 0.6 is 23.4 Å². The number of aryl methyl sites for hydroxylation is 1. The highest BCUT2D eigenvalue weighted by Gasteiger charge is 2.25. The van der Waals surface area contributed by atoms with E-state index in [1.807, 2.05) is 54.9 Å². The van der Waals surface area contributed by atoms with E-state index in [0.29, 0.717) is 47.7 Å². The molecule has 0 fully saturated rings. The summed E-state index contributed by atoms with van der Waals surface area (Å²) in [4.78, 5) is 13.9. The van der Waals surface area contributed by atoms with Crippen molar-refractivity contribution in [1.29, 1.82) is 0 Å². The first kappa shape index (κ1) is 19.0. The van der Waals surface area contributed by atoms with E-state index >= 15 is 0 Å². The summed E-state index contributed by atoms with van der Waals surface area (Å²) < 4.78 is 18.8. The van der Waals surface area contributed by atoms with Crippen LogP contribution in [0.2, 0.25) is 5.02 Å². The van der Waals surface area contributed by atoms with Crippen LogP contribution in [0.4, 0.5) is 0 Å². The minimum Gasteiger partial charge on any atom is -0.486 e. The molecule has 3 aromatic rings. The van der Waals surface area contributed by atoms with Crippen LogP contribution in [0.1, 0.15) is 23.0 Å². The molecule has 2 heterocycles. The number of fused-ring (bicyclic) bond motifs is 2. The highest BCUT2D eigenvalue weighted by atomic mass is 35.5. The van der Waals surface area contributed by atoms with Gasteiger partial charge in [0, 0.05) is 39.9 Å². The Kier molecular flexibility index (Phi) is 5.42. The summed E-state index contributed by atoms with van der Waals surface area (Å²) >= 11 is 7.62. The molecule has 146 valence electrons. The molecule has 0 saturated heterocycles. The van der Waals surface area contributed by atoms with Gasteiger partial charge in [-0.3, -0.25) is 0 Å². The lowest BCUT2D eigenvalue weighted by atomic mass is 10.1. The van der Waals surface area contributed by atoms with Crippen molar-refractivity contribution >= 4 is 40.2 Å². The Labute approximate surface area is 172 Å². The largest absolute Gasteiger partial charge is 0.486 e. The van der Waals surface area contributed by atoms with Gasteiger partial charge >= 0.3 is 5.97 Å². The van der Waals surface area contributed by atoms with E-state index in [2.05, 4.69) is 0 Å². The normalized spacial score (nSPS) is 13.0. The predicted octanol–water partition coefficient (Wildman–Crippen LogP) is 5.07. The smallest absolute Gasteiger partial charge is 0.340 e. The first-order valence-electron chi connectivity index (χ1n) is 9.05. The molecule has 7 heteroatoms. The number of carbonyl (C=O) groups excluding carboxylic acids is 1. The van der Waals surface area contributed by atoms with Gasteiger partial charge in [-0.2, -0.15) is 0 Å². The maximum absolute atomic E-state index is 12.8. The Morgan fingerprint density at radius 3 is 2.54 bits per heavy atom. The quantitative estimate of drug-likeness (QED) is 0.428. The number of carbonyl (C=O) groups is 1. The molecule has 5 nitrogen and oxygen atoms in total. The Balaban J connectivity index is 1.78. The molecule has 0 N–H and O–H groups in total. The average Bonchev–Trinajstić information content (AvgIpc) is 2.97. The van der Waals surface area contributed by atoms with Crippen LogP contribution in [0.5, 0.6) is 11.5 Å². The molecule has 0 spiro atoms. The second kappa shape index (κ2) is 7.97. The Morgan fingerprint density at radius 2 is 1.86 bits per heavy atom. The first-order chi connectivity index (χ1) is 13.6. The van der Waals surface area contributed by atoms with E-state index in [4.69, 9.17) is 25.8 Å². The topological polar surface area (TPSA) is 49.7 Å². The lowest BCUT2D eigenvalue weighted by molar-refractivity contribution is 0.0527. The number of halogens is 1. The summed E-state index contributed by atoms with van der Waals surface area (Å²) in [5.74, 6) is 1.66. The Bertz CT molecular complexity index is 1030. The molecule has 1 aliphatic rings. The summed E-state index contributed by atoms with van der Waals surface area (Å²) in [5, 5.41) is 1.52. The third kappa shape index (κ3) is 3.54. The Hall–Kier alpha value is -2.31. The molecule has 0 aliphatic carbocycles. The van der Waals surface area contributed by atoms with Gasteiger partial charge < -0.3 is 18.8 Å². The molecule has 0 atom stereocenters. The summed E-state index contributed by atoms with van der Waals surface area (Å²) in [5.41, 5.74) is 2.40. The number of nitrogens with zero attached hydrogens (tertiary/aromatic N) is 1. The van der Waals surface area contributed by atoms with E-state index in [0.717, 1.165) is 21.5 Å². The number of hydrogen-bond donors (Lipinski definition) is 0. The van der Waals surface area contributed by atoms with Crippen LogP contribution in [0, 0.1) is 0 Å². The number of esters is 1. The van der Waals surface area contributed by atoms with Crippen LogP contribution < -0.4 is 9.47 Å². The molecule has 1 aliphatic heterocycles. The third-order valence-corrected chi connectivity index (χ3v) is 5.93. The lowest BCUT2D eigenvalue weighted by Crippen LogP contribution is -2.15. The zero-order valence-electron chi connectivity index (χ0n) is 15.7. The fourth-order valence-corrected chi connectivity index (χ4v) is 4.40. The van der Waals surface area contributed by atoms with Crippen molar-refractivity contribution in [1.82, 2.24) is 4.57 Å². The second-order valence-electron chi connectivity index (χ2n) is 6.36. The van der Waals surface area contributed by atoms with Gasteiger partial charge in [0.15, 0.2) is 11.5 Å². The van der Waals surface area contributed by atoms with Crippen molar-refractivity contribution in [2.45, 2.75) is 17.6 Å². The van der Waals surface area contributed by atoms with Gasteiger partial charge in [-0.15, -0.1) is 11.8 Å². The molecule has 2 aromatic carbocycles. The molecule has 0 unspecified atom stereocenters. The van der Waals surface area contributed by atoms with E-state index in [9.17, 15) is 4.79 Å². The van der Waals surface area contributed by atoms with Crippen molar-refractivity contribution in [3.05, 3.63) is 52.7 Å². The fourth-order valence-electron chi connectivity index (χ4n) is 3.31. The van der Waals surface area contributed by atoms with Gasteiger partial charge in [0.25, 0.3) is 0 Å². The van der Waals surface area contributed by atoms with E-state index < -0.39 is 0 Å². The molecule has 0 radical (unpaired) electrons. The number of ether oxygens (including phenoxy) is 3. The van der Waals surface area contributed by atoms with Crippen LogP contribution in [0.25, 0.3) is 10.9 Å². The first-order valence-corrected chi connectivity index (χ1v) is 10.4. The van der Waals surface area contributed by atoms with Crippen molar-refractivity contribution in [2.75, 3.05) is 19.8 Å². The molecule has 0 saturated carbocycles. The zero-order chi connectivity index (χ0) is 19.7. The van der Waals surface area contributed by atoms with E-state index in [1.165, 1.54) is 0 Å². The number of rotatable bonds is 5. The standard InChI is InChI=1S/C21H20ClNO4S/c1-3-25-21(24)20-15-10-18-19(27-9-8-26-18)11-16(15)23(2)17(20)12-28-14-6-4-13(22)5-7-14/h4-7,10-11H,3,8-9,12H2,1-2H3. The van der Waals surface area contributed by atoms with Gasteiger partial charge in [0.05, 0.1) is 17.7 Å². The van der Waals surface area contributed by atoms with Gasteiger partial charge in [0.2, 0.25) is 0 Å². The van der Waals surface area contributed by atoms with Crippen LogP contribution in [0.3, 0.4) is 0 Å². The fraction of sp³-hybridized carbons (Fsp3) is 0.286. The molecule has 4 rings (SSSR count). The Morgan fingerprint density at radius 1 is 1.18 bits per heavy atom. The minimum absolute atomic E-state index is 0.323. The summed E-state index contributed by atoms with van der Waals surface area (Å²) in [6.45, 7) is 3.15. The zero-order valence-corrected chi connectivity index (χ0v) is 17.2. The number of aromatic nitrogens is 1. The maximum atomic E-state index is 12.8. The minimum atomic E-state index is -0.323. The molecule has 28 heavy (non-hydrogen) atoms. The average molecular weight is 418 g/mol. The summed E-state index contributed by atoms with van der Waals surface area (Å²) in [6, 6.07) is 11.5. The highest BCUT2D eigenvalue weighted by molar-refractivity contribution is 7.98. The third-order valence-electron chi connectivity index (χ3n) is 4.65. The predicted molar refractivity (Wildman–Crippen MR) is 111 cm³/mol. The molecule has 1 aromatic heterocycles. The van der Waals surface area contributed by atoms with Crippen molar-refractivity contribution in [2.24, 2.45) is 7.05 Å². The van der Waals surface area contributed by atoms with Gasteiger partial charge in [-0.1, -0.05) is 11.6 Å².